The van der Waals surface area contributed by atoms with Crippen molar-refractivity contribution in [2.75, 3.05) is 13.2 Å². The average molecular weight is 488 g/mol. The van der Waals surface area contributed by atoms with Crippen LogP contribution in [0.5, 0.6) is 0 Å². The molecule has 15 heteroatoms. The summed E-state index contributed by atoms with van der Waals surface area (Å²) in [6, 6.07) is 0. The summed E-state index contributed by atoms with van der Waals surface area (Å²) in [7, 11) is 0. The fourth-order valence-electron chi connectivity index (χ4n) is 3.89. The Morgan fingerprint density at radius 3 is 1.85 bits per heavy atom. The van der Waals surface area contributed by atoms with Crippen molar-refractivity contribution >= 4 is 0 Å². The van der Waals surface area contributed by atoms with Gasteiger partial charge >= 0.3 is 0 Å². The van der Waals surface area contributed by atoms with Gasteiger partial charge in [0.25, 0.3) is 0 Å². The Labute approximate surface area is 187 Å². The number of aliphatic hydroxyl groups is 10. The van der Waals surface area contributed by atoms with Crippen molar-refractivity contribution < 1.29 is 74.7 Å². The topological polar surface area (TPSA) is 248 Å². The molecule has 0 aromatic heterocycles. The van der Waals surface area contributed by atoms with Gasteiger partial charge in [-0.25, -0.2) is 0 Å². The van der Waals surface area contributed by atoms with Gasteiger partial charge in [0, 0.05) is 0 Å². The van der Waals surface area contributed by atoms with Crippen LogP contribution in [0.1, 0.15) is 6.92 Å². The van der Waals surface area contributed by atoms with Crippen LogP contribution in [0.3, 0.4) is 0 Å². The molecule has 0 amide bonds. The van der Waals surface area contributed by atoms with Crippen LogP contribution in [-0.4, -0.2) is 156 Å². The molecule has 3 heterocycles. The number of hydrogen-bond acceptors (Lipinski definition) is 15. The van der Waals surface area contributed by atoms with E-state index in [0.29, 0.717) is 0 Å². The molecular formula is C18H32O15. The third-order valence-corrected chi connectivity index (χ3v) is 6.03. The van der Waals surface area contributed by atoms with Crippen LogP contribution in [0.4, 0.5) is 0 Å². The Hall–Kier alpha value is -0.600. The zero-order valence-electron chi connectivity index (χ0n) is 17.6. The average Bonchev–Trinajstić information content (AvgIpc) is 2.79. The van der Waals surface area contributed by atoms with E-state index in [1.165, 1.54) is 6.92 Å². The van der Waals surface area contributed by atoms with Crippen LogP contribution in [0, 0.1) is 0 Å². The number of aliphatic hydroxyl groups excluding tert-OH is 10. The highest BCUT2D eigenvalue weighted by Crippen LogP contribution is 2.29. The fourth-order valence-corrected chi connectivity index (χ4v) is 3.89. The Bertz CT molecular complexity index is 626. The van der Waals surface area contributed by atoms with E-state index in [1.807, 2.05) is 0 Å². The van der Waals surface area contributed by atoms with Crippen molar-refractivity contribution in [2.45, 2.75) is 99.0 Å². The predicted molar refractivity (Wildman–Crippen MR) is 99.8 cm³/mol. The molecule has 0 bridgehead atoms. The van der Waals surface area contributed by atoms with Crippen molar-refractivity contribution in [1.82, 2.24) is 0 Å². The summed E-state index contributed by atoms with van der Waals surface area (Å²) in [4.78, 5) is 0. The van der Waals surface area contributed by atoms with E-state index >= 15 is 0 Å². The van der Waals surface area contributed by atoms with Gasteiger partial charge in [0.1, 0.15) is 67.1 Å². The normalized spacial score (nSPS) is 53.7. The van der Waals surface area contributed by atoms with Crippen LogP contribution < -0.4 is 0 Å². The van der Waals surface area contributed by atoms with Crippen molar-refractivity contribution in [3.05, 3.63) is 0 Å². The molecule has 3 rings (SSSR count). The minimum Gasteiger partial charge on any atom is -0.394 e. The largest absolute Gasteiger partial charge is 0.394 e. The molecule has 0 spiro atoms. The second-order valence-electron chi connectivity index (χ2n) is 8.36. The zero-order valence-corrected chi connectivity index (χ0v) is 17.6. The maximum atomic E-state index is 10.2. The molecule has 3 aliphatic heterocycles. The van der Waals surface area contributed by atoms with Gasteiger partial charge in [-0.05, 0) is 6.92 Å². The summed E-state index contributed by atoms with van der Waals surface area (Å²) >= 11 is 0. The highest BCUT2D eigenvalue weighted by atomic mass is 16.7. The molecule has 0 aliphatic carbocycles. The first-order chi connectivity index (χ1) is 15.5. The van der Waals surface area contributed by atoms with Crippen molar-refractivity contribution in [3.63, 3.8) is 0 Å². The van der Waals surface area contributed by atoms with E-state index in [1.54, 1.807) is 0 Å². The first kappa shape index (κ1) is 27.0. The summed E-state index contributed by atoms with van der Waals surface area (Å²) in [6.45, 7) is 0.173. The lowest BCUT2D eigenvalue weighted by molar-refractivity contribution is -0.362. The molecule has 0 radical (unpaired) electrons. The molecule has 3 aliphatic rings. The quantitative estimate of drug-likeness (QED) is 0.167. The second-order valence-corrected chi connectivity index (χ2v) is 8.36. The summed E-state index contributed by atoms with van der Waals surface area (Å²) in [5.74, 6) is 0. The molecule has 15 nitrogen and oxygen atoms in total. The number of ether oxygens (including phenoxy) is 5. The Morgan fingerprint density at radius 1 is 0.606 bits per heavy atom. The maximum Gasteiger partial charge on any atom is 0.187 e. The highest BCUT2D eigenvalue weighted by molar-refractivity contribution is 4.94. The first-order valence-electron chi connectivity index (χ1n) is 10.4. The van der Waals surface area contributed by atoms with Crippen LogP contribution in [-0.2, 0) is 23.7 Å². The SMILES string of the molecule is C[C@H]1O[C@@H](OC[C@H]2O[C@@H](O[C@H]3[C@H](O)[C@@H](CO)OC(O)[C@@H]3O)[C@H](O)[C@@H](O)[C@@H]2O)[C@H](O)[C@@H](O)[C@H]1O. The van der Waals surface area contributed by atoms with Gasteiger partial charge < -0.3 is 74.7 Å². The third kappa shape index (κ3) is 5.48. The molecule has 194 valence electrons. The van der Waals surface area contributed by atoms with E-state index in [9.17, 15) is 51.1 Å². The maximum absolute atomic E-state index is 10.2. The molecule has 0 aromatic carbocycles. The summed E-state index contributed by atoms with van der Waals surface area (Å²) in [5, 5.41) is 99.7. The van der Waals surface area contributed by atoms with E-state index < -0.39 is 105 Å². The summed E-state index contributed by atoms with van der Waals surface area (Å²) < 4.78 is 26.3. The van der Waals surface area contributed by atoms with Crippen molar-refractivity contribution in [2.24, 2.45) is 0 Å². The first-order valence-corrected chi connectivity index (χ1v) is 10.4. The van der Waals surface area contributed by atoms with E-state index in [4.69, 9.17) is 23.7 Å². The minimum atomic E-state index is -1.85. The van der Waals surface area contributed by atoms with Crippen LogP contribution in [0.2, 0.25) is 0 Å². The fraction of sp³-hybridized carbons (Fsp3) is 1.00. The molecular weight excluding hydrogens is 456 g/mol. The third-order valence-electron chi connectivity index (χ3n) is 6.03. The van der Waals surface area contributed by atoms with E-state index in [2.05, 4.69) is 0 Å². The molecule has 10 N–H and O–H groups in total. The standard InChI is InChI=1S/C18H32O15/c1-4-7(20)10(23)12(25)17(30-4)29-3-6-8(21)11(24)13(26)18(32-6)33-15-9(22)5(2-19)31-16(28)14(15)27/h4-28H,2-3H2,1H3/t4-,5-,6-,7+,8-,9-,10+,11+,12-,13-,14-,15+,16?,17-,18+/m1/s1. The van der Waals surface area contributed by atoms with Gasteiger partial charge in [-0.3, -0.25) is 0 Å². The van der Waals surface area contributed by atoms with E-state index in [0.717, 1.165) is 0 Å². The van der Waals surface area contributed by atoms with Crippen LogP contribution >= 0.6 is 0 Å². The summed E-state index contributed by atoms with van der Waals surface area (Å²) in [6.07, 6.45) is -23.6. The highest BCUT2D eigenvalue weighted by Gasteiger charge is 2.51. The lowest BCUT2D eigenvalue weighted by atomic mass is 9.97. The van der Waals surface area contributed by atoms with Gasteiger partial charge in [-0.1, -0.05) is 0 Å². The summed E-state index contributed by atoms with van der Waals surface area (Å²) in [5.41, 5.74) is 0. The molecule has 0 saturated carbocycles. The molecule has 3 saturated heterocycles. The second kappa shape index (κ2) is 11.0. The van der Waals surface area contributed by atoms with Gasteiger partial charge in [-0.15, -0.1) is 0 Å². The van der Waals surface area contributed by atoms with Gasteiger partial charge in [0.2, 0.25) is 0 Å². The van der Waals surface area contributed by atoms with Crippen molar-refractivity contribution in [3.8, 4) is 0 Å². The van der Waals surface area contributed by atoms with Gasteiger partial charge in [0.05, 0.1) is 19.3 Å². The molecule has 0 aromatic rings. The van der Waals surface area contributed by atoms with Gasteiger partial charge in [0.15, 0.2) is 18.9 Å². The van der Waals surface area contributed by atoms with Crippen molar-refractivity contribution in [1.29, 1.82) is 0 Å². The number of hydrogen-bond donors (Lipinski definition) is 10. The monoisotopic (exact) mass is 488 g/mol. The zero-order chi connectivity index (χ0) is 24.6. The molecule has 3 fully saturated rings. The van der Waals surface area contributed by atoms with Gasteiger partial charge in [-0.2, -0.15) is 0 Å². The smallest absolute Gasteiger partial charge is 0.187 e. The predicted octanol–water partition coefficient (Wildman–Crippen LogP) is -6.55. The van der Waals surface area contributed by atoms with Crippen LogP contribution in [0.15, 0.2) is 0 Å². The lowest BCUT2D eigenvalue weighted by Crippen LogP contribution is -2.65. The Balaban J connectivity index is 1.66. The Morgan fingerprint density at radius 2 is 1.21 bits per heavy atom. The Kier molecular flexibility index (Phi) is 8.99. The van der Waals surface area contributed by atoms with Crippen LogP contribution in [0.25, 0.3) is 0 Å². The minimum absolute atomic E-state index is 0.539. The number of rotatable bonds is 6. The molecule has 33 heavy (non-hydrogen) atoms. The lowest BCUT2D eigenvalue weighted by Gasteiger charge is -2.45. The van der Waals surface area contributed by atoms with E-state index in [-0.39, 0.29) is 0 Å². The molecule has 15 atom stereocenters. The molecule has 1 unspecified atom stereocenters.